The molecule has 1 aliphatic rings. The van der Waals surface area contributed by atoms with Crippen LogP contribution in [0.5, 0.6) is 23.0 Å². The van der Waals surface area contributed by atoms with E-state index < -0.39 is 6.04 Å². The van der Waals surface area contributed by atoms with Crippen molar-refractivity contribution in [1.82, 2.24) is 4.57 Å². The number of amides is 1. The zero-order chi connectivity index (χ0) is 33.8. The lowest BCUT2D eigenvalue weighted by Gasteiger charge is -2.26. The molecule has 48 heavy (non-hydrogen) atoms. The third-order valence-electron chi connectivity index (χ3n) is 7.83. The van der Waals surface area contributed by atoms with Crippen molar-refractivity contribution >= 4 is 44.9 Å². The first-order chi connectivity index (χ1) is 23.3. The Morgan fingerprint density at radius 2 is 1.67 bits per heavy atom. The predicted molar refractivity (Wildman–Crippen MR) is 190 cm³/mol. The van der Waals surface area contributed by atoms with Gasteiger partial charge in [-0.1, -0.05) is 63.7 Å². The van der Waals surface area contributed by atoms with Crippen LogP contribution < -0.4 is 39.2 Å². The summed E-state index contributed by atoms with van der Waals surface area (Å²) in [6.45, 7) is 2.15. The molecule has 0 radical (unpaired) electrons. The summed E-state index contributed by atoms with van der Waals surface area (Å²) in [7, 11) is 4.69. The fourth-order valence-corrected chi connectivity index (χ4v) is 6.77. The molecule has 6 rings (SSSR count). The van der Waals surface area contributed by atoms with E-state index in [0.29, 0.717) is 61.5 Å². The average molecular weight is 727 g/mol. The van der Waals surface area contributed by atoms with Crippen LogP contribution in [0.2, 0.25) is 0 Å². The number of nitrogens with zero attached hydrogens (tertiary/aromatic N) is 2. The van der Waals surface area contributed by atoms with Crippen molar-refractivity contribution in [3.63, 3.8) is 0 Å². The minimum absolute atomic E-state index is 0.298. The highest BCUT2D eigenvalue weighted by molar-refractivity contribution is 9.10. The largest absolute Gasteiger partial charge is 0.497 e. The SMILES string of the molecule is COc1ccc([C@@H]2C(C(=O)Nc3ccccc3)=C(C)N=c3s/c(=C\c4ccc(OCc5ccc(Br)cc5)c(OC)c4)c(=O)n32)c(OC)c1. The predicted octanol–water partition coefficient (Wildman–Crippen LogP) is 6.24. The molecule has 0 saturated heterocycles. The molecule has 1 atom stereocenters. The molecule has 1 aromatic heterocycles. The second kappa shape index (κ2) is 14.3. The molecule has 0 spiro atoms. The number of hydrogen-bond donors (Lipinski definition) is 1. The van der Waals surface area contributed by atoms with Gasteiger partial charge in [0.05, 0.1) is 37.1 Å². The molecule has 0 aliphatic carbocycles. The van der Waals surface area contributed by atoms with Crippen molar-refractivity contribution in [2.75, 3.05) is 26.6 Å². The lowest BCUT2D eigenvalue weighted by Crippen LogP contribution is -2.40. The van der Waals surface area contributed by atoms with Gasteiger partial charge in [0.1, 0.15) is 24.1 Å². The van der Waals surface area contributed by atoms with Crippen molar-refractivity contribution in [2.45, 2.75) is 19.6 Å². The average Bonchev–Trinajstić information content (AvgIpc) is 3.41. The molecule has 0 unspecified atom stereocenters. The third kappa shape index (κ3) is 6.78. The van der Waals surface area contributed by atoms with Crippen molar-refractivity contribution in [3.05, 3.63) is 143 Å². The summed E-state index contributed by atoms with van der Waals surface area (Å²) in [5, 5.41) is 2.97. The maximum absolute atomic E-state index is 14.3. The number of ether oxygens (including phenoxy) is 4. The monoisotopic (exact) mass is 725 g/mol. The van der Waals surface area contributed by atoms with Crippen LogP contribution >= 0.6 is 27.3 Å². The van der Waals surface area contributed by atoms with Gasteiger partial charge in [-0.3, -0.25) is 14.2 Å². The molecular formula is C37H32BrN3O6S. The third-order valence-corrected chi connectivity index (χ3v) is 9.34. The smallest absolute Gasteiger partial charge is 0.271 e. The highest BCUT2D eigenvalue weighted by Gasteiger charge is 2.34. The molecule has 1 amide bonds. The maximum atomic E-state index is 14.3. The Bertz CT molecular complexity index is 2190. The van der Waals surface area contributed by atoms with Crippen LogP contribution in [-0.4, -0.2) is 31.8 Å². The number of halogens is 1. The number of carbonyl (C=O) groups is 1. The second-order valence-corrected chi connectivity index (χ2v) is 12.8. The van der Waals surface area contributed by atoms with Crippen molar-refractivity contribution in [2.24, 2.45) is 4.99 Å². The first kappa shape index (κ1) is 32.8. The Labute approximate surface area is 289 Å². The van der Waals surface area contributed by atoms with Gasteiger partial charge in [0, 0.05) is 21.8 Å². The van der Waals surface area contributed by atoms with Gasteiger partial charge in [0.15, 0.2) is 16.3 Å². The molecule has 0 saturated carbocycles. The fraction of sp³-hybridized carbons (Fsp3) is 0.162. The minimum atomic E-state index is -0.822. The number of hydrogen-bond acceptors (Lipinski definition) is 8. The van der Waals surface area contributed by atoms with E-state index in [0.717, 1.165) is 15.6 Å². The molecule has 244 valence electrons. The summed E-state index contributed by atoms with van der Waals surface area (Å²) in [4.78, 5) is 33.4. The van der Waals surface area contributed by atoms with Gasteiger partial charge >= 0.3 is 0 Å². The highest BCUT2D eigenvalue weighted by Crippen LogP contribution is 2.38. The lowest BCUT2D eigenvalue weighted by molar-refractivity contribution is -0.113. The lowest BCUT2D eigenvalue weighted by atomic mass is 9.94. The van der Waals surface area contributed by atoms with E-state index >= 15 is 0 Å². The van der Waals surface area contributed by atoms with Crippen LogP contribution in [0, 0.1) is 0 Å². The molecule has 0 fully saturated rings. The number of fused-ring (bicyclic) bond motifs is 1. The Balaban J connectivity index is 1.41. The highest BCUT2D eigenvalue weighted by atomic mass is 79.9. The molecule has 4 aromatic carbocycles. The summed E-state index contributed by atoms with van der Waals surface area (Å²) in [6, 6.07) is 27.1. The van der Waals surface area contributed by atoms with Crippen molar-refractivity contribution in [3.8, 4) is 23.0 Å². The number of aromatic nitrogens is 1. The van der Waals surface area contributed by atoms with Crippen LogP contribution in [0.25, 0.3) is 6.08 Å². The molecule has 1 N–H and O–H groups in total. The summed E-state index contributed by atoms with van der Waals surface area (Å²) >= 11 is 4.70. The standard InChI is InChI=1S/C37H32BrN3O6S/c1-22-33(35(42)40-26-8-6-5-7-9-26)34(28-16-15-27(44-2)20-30(28)45-3)41-36(43)32(48-37(41)39-22)19-24-12-17-29(31(18-24)46-4)47-21-23-10-13-25(38)14-11-23/h5-20,34H,21H2,1-4H3,(H,40,42)/b32-19-/t34-/m1/s1. The second-order valence-electron chi connectivity index (χ2n) is 10.8. The molecule has 1 aliphatic heterocycles. The number of benzene rings is 4. The van der Waals surface area contributed by atoms with E-state index in [1.54, 1.807) is 63.2 Å². The van der Waals surface area contributed by atoms with Gasteiger partial charge in [0.25, 0.3) is 11.5 Å². The van der Waals surface area contributed by atoms with E-state index in [2.05, 4.69) is 21.2 Å². The number of methoxy groups -OCH3 is 3. The first-order valence-electron chi connectivity index (χ1n) is 15.0. The maximum Gasteiger partial charge on any atom is 0.271 e. The molecular weight excluding hydrogens is 694 g/mol. The van der Waals surface area contributed by atoms with Crippen LogP contribution in [0.4, 0.5) is 5.69 Å². The molecule has 11 heteroatoms. The van der Waals surface area contributed by atoms with Gasteiger partial charge < -0.3 is 24.3 Å². The number of carbonyl (C=O) groups excluding carboxylic acids is 1. The topological polar surface area (TPSA) is 100 Å². The summed E-state index contributed by atoms with van der Waals surface area (Å²) < 4.78 is 25.9. The van der Waals surface area contributed by atoms with E-state index in [1.165, 1.54) is 11.3 Å². The van der Waals surface area contributed by atoms with Crippen molar-refractivity contribution in [1.29, 1.82) is 0 Å². The van der Waals surface area contributed by atoms with Crippen molar-refractivity contribution < 1.29 is 23.7 Å². The molecule has 0 bridgehead atoms. The number of anilines is 1. The van der Waals surface area contributed by atoms with Crippen LogP contribution in [0.1, 0.15) is 29.7 Å². The Morgan fingerprint density at radius 3 is 2.38 bits per heavy atom. The molecule has 2 heterocycles. The normalized spacial score (nSPS) is 14.2. The first-order valence-corrected chi connectivity index (χ1v) is 16.6. The fourth-order valence-electron chi connectivity index (χ4n) is 5.46. The summed E-state index contributed by atoms with van der Waals surface area (Å²) in [5.74, 6) is 1.79. The Hall–Kier alpha value is -5.13. The minimum Gasteiger partial charge on any atom is -0.497 e. The van der Waals surface area contributed by atoms with E-state index in [-0.39, 0.29) is 11.5 Å². The number of rotatable bonds is 10. The number of thiazole rings is 1. The summed E-state index contributed by atoms with van der Waals surface area (Å²) in [5.41, 5.74) is 3.52. The Morgan fingerprint density at radius 1 is 0.917 bits per heavy atom. The van der Waals surface area contributed by atoms with Gasteiger partial charge in [-0.15, -0.1) is 0 Å². The number of para-hydroxylation sites is 1. The van der Waals surface area contributed by atoms with Crippen LogP contribution in [0.15, 0.2) is 117 Å². The number of nitrogens with one attached hydrogen (secondary N) is 1. The van der Waals surface area contributed by atoms with Crippen LogP contribution in [-0.2, 0) is 11.4 Å². The quantitative estimate of drug-likeness (QED) is 0.183. The number of allylic oxidation sites excluding steroid dienone is 1. The van der Waals surface area contributed by atoms with E-state index in [4.69, 9.17) is 23.9 Å². The Kier molecular flexibility index (Phi) is 9.79. The zero-order valence-electron chi connectivity index (χ0n) is 26.7. The van der Waals surface area contributed by atoms with E-state index in [1.807, 2.05) is 66.7 Å². The van der Waals surface area contributed by atoms with E-state index in [9.17, 15) is 9.59 Å². The van der Waals surface area contributed by atoms with Gasteiger partial charge in [0.2, 0.25) is 0 Å². The molecule has 5 aromatic rings. The van der Waals surface area contributed by atoms with Crippen LogP contribution in [0.3, 0.4) is 0 Å². The zero-order valence-corrected chi connectivity index (χ0v) is 29.1. The molecule has 9 nitrogen and oxygen atoms in total. The summed E-state index contributed by atoms with van der Waals surface area (Å²) in [6.07, 6.45) is 1.79. The van der Waals surface area contributed by atoms with Gasteiger partial charge in [-0.25, -0.2) is 4.99 Å². The van der Waals surface area contributed by atoms with Gasteiger partial charge in [-0.2, -0.15) is 0 Å². The van der Waals surface area contributed by atoms with Gasteiger partial charge in [-0.05, 0) is 72.7 Å².